The van der Waals surface area contributed by atoms with Crippen molar-refractivity contribution >= 4 is 11.8 Å². The summed E-state index contributed by atoms with van der Waals surface area (Å²) < 4.78 is 51.9. The first-order valence-electron chi connectivity index (χ1n) is 7.02. The van der Waals surface area contributed by atoms with Crippen LogP contribution in [-0.4, -0.2) is 17.0 Å². The molecule has 1 aromatic rings. The van der Waals surface area contributed by atoms with Crippen molar-refractivity contribution in [2.24, 2.45) is 0 Å². The lowest BCUT2D eigenvalue weighted by atomic mass is 9.89. The van der Waals surface area contributed by atoms with Crippen LogP contribution in [0.2, 0.25) is 0 Å². The molecule has 6 heteroatoms. The molecule has 118 valence electrons. The summed E-state index contributed by atoms with van der Waals surface area (Å²) in [6.45, 7) is 4.64. The molecule has 1 fully saturated rings. The van der Waals surface area contributed by atoms with Gasteiger partial charge in [0.05, 0.1) is 5.56 Å². The van der Waals surface area contributed by atoms with Crippen LogP contribution in [0.5, 0.6) is 0 Å². The quantitative estimate of drug-likeness (QED) is 0.801. The topological polar surface area (TPSA) is 12.0 Å². The van der Waals surface area contributed by atoms with Gasteiger partial charge in [0.15, 0.2) is 0 Å². The molecular formula is C15H19F4NS. The Morgan fingerprint density at radius 2 is 2.10 bits per heavy atom. The molecule has 1 aliphatic rings. The second kappa shape index (κ2) is 6.16. The number of thioether (sulfide) groups is 1. The number of rotatable bonds is 4. The first kappa shape index (κ1) is 16.6. The molecule has 0 amide bonds. The van der Waals surface area contributed by atoms with Gasteiger partial charge >= 0.3 is 6.18 Å². The van der Waals surface area contributed by atoms with Gasteiger partial charge in [0.1, 0.15) is 5.82 Å². The van der Waals surface area contributed by atoms with E-state index in [9.17, 15) is 17.6 Å². The minimum Gasteiger partial charge on any atom is -0.309 e. The van der Waals surface area contributed by atoms with Gasteiger partial charge in [0.25, 0.3) is 0 Å². The molecule has 1 nitrogen and oxygen atoms in total. The van der Waals surface area contributed by atoms with E-state index in [-0.39, 0.29) is 10.8 Å². The van der Waals surface area contributed by atoms with Gasteiger partial charge in [-0.1, -0.05) is 13.0 Å². The van der Waals surface area contributed by atoms with Gasteiger partial charge in [-0.05, 0) is 49.8 Å². The van der Waals surface area contributed by atoms with Crippen LogP contribution in [0, 0.1) is 5.82 Å². The first-order valence-corrected chi connectivity index (χ1v) is 8.00. The molecule has 1 saturated heterocycles. The Morgan fingerprint density at radius 1 is 1.38 bits per heavy atom. The molecule has 0 bridgehead atoms. The van der Waals surface area contributed by atoms with Crippen molar-refractivity contribution < 1.29 is 17.6 Å². The third-order valence-electron chi connectivity index (χ3n) is 3.90. The lowest BCUT2D eigenvalue weighted by Gasteiger charge is -2.34. The molecule has 1 heterocycles. The highest BCUT2D eigenvalue weighted by molar-refractivity contribution is 8.00. The van der Waals surface area contributed by atoms with Crippen LogP contribution in [-0.2, 0) is 6.18 Å². The molecule has 1 aromatic carbocycles. The van der Waals surface area contributed by atoms with Gasteiger partial charge in [0, 0.05) is 10.8 Å². The maximum atomic E-state index is 13.4. The first-order chi connectivity index (χ1) is 9.78. The third kappa shape index (κ3) is 3.54. The van der Waals surface area contributed by atoms with Gasteiger partial charge in [-0.3, -0.25) is 0 Å². The van der Waals surface area contributed by atoms with Crippen LogP contribution in [0.15, 0.2) is 18.2 Å². The lowest BCUT2D eigenvalue weighted by molar-refractivity contribution is -0.140. The number of hydrogen-bond donors (Lipinski definition) is 1. The summed E-state index contributed by atoms with van der Waals surface area (Å²) in [5.41, 5.74) is -0.683. The van der Waals surface area contributed by atoms with Crippen LogP contribution >= 0.6 is 11.8 Å². The van der Waals surface area contributed by atoms with Crippen molar-refractivity contribution in [3.05, 3.63) is 35.1 Å². The van der Waals surface area contributed by atoms with Gasteiger partial charge in [-0.25, -0.2) is 4.39 Å². The molecule has 2 unspecified atom stereocenters. The van der Waals surface area contributed by atoms with Gasteiger partial charge in [-0.15, -0.1) is 0 Å². The summed E-state index contributed by atoms with van der Waals surface area (Å²) in [4.78, 5) is 0. The van der Waals surface area contributed by atoms with Crippen LogP contribution in [0.1, 0.15) is 43.9 Å². The molecule has 0 radical (unpaired) electrons. The third-order valence-corrected chi connectivity index (χ3v) is 5.49. The molecule has 0 spiro atoms. The fourth-order valence-corrected chi connectivity index (χ4v) is 4.29. The second-order valence-electron chi connectivity index (χ2n) is 5.49. The monoisotopic (exact) mass is 321 g/mol. The maximum Gasteiger partial charge on any atom is 0.419 e. The van der Waals surface area contributed by atoms with E-state index in [4.69, 9.17) is 0 Å². The van der Waals surface area contributed by atoms with Crippen molar-refractivity contribution in [1.82, 2.24) is 5.32 Å². The van der Waals surface area contributed by atoms with E-state index < -0.39 is 17.6 Å². The predicted molar refractivity (Wildman–Crippen MR) is 77.9 cm³/mol. The highest BCUT2D eigenvalue weighted by atomic mass is 32.2. The molecule has 2 rings (SSSR count). The van der Waals surface area contributed by atoms with Crippen LogP contribution in [0.3, 0.4) is 0 Å². The molecule has 1 N–H and O–H groups in total. The minimum absolute atomic E-state index is 0.156. The highest BCUT2D eigenvalue weighted by Crippen LogP contribution is 2.47. The zero-order valence-electron chi connectivity index (χ0n) is 12.1. The predicted octanol–water partition coefficient (Wildman–Crippen LogP) is 4.78. The standard InChI is InChI=1S/C15H19F4NS/c1-3-20-13(14(2)7-4-8-21-14)10-5-6-12(16)11(9-10)15(17,18)19/h5-6,9,13,20H,3-4,7-8H2,1-2H3. The normalized spacial score (nSPS) is 24.3. The van der Waals surface area contributed by atoms with Crippen molar-refractivity contribution in [3.8, 4) is 0 Å². The van der Waals surface area contributed by atoms with E-state index in [2.05, 4.69) is 12.2 Å². The van der Waals surface area contributed by atoms with E-state index >= 15 is 0 Å². The largest absolute Gasteiger partial charge is 0.419 e. The highest BCUT2D eigenvalue weighted by Gasteiger charge is 2.40. The molecule has 2 atom stereocenters. The molecule has 0 aliphatic carbocycles. The molecular weight excluding hydrogens is 302 g/mol. The molecule has 21 heavy (non-hydrogen) atoms. The fraction of sp³-hybridized carbons (Fsp3) is 0.600. The fourth-order valence-electron chi connectivity index (χ4n) is 2.86. The number of halogens is 4. The van der Waals surface area contributed by atoms with Crippen LogP contribution in [0.25, 0.3) is 0 Å². The van der Waals surface area contributed by atoms with E-state index in [1.54, 1.807) is 11.8 Å². The van der Waals surface area contributed by atoms with E-state index in [0.29, 0.717) is 12.1 Å². The van der Waals surface area contributed by atoms with Crippen LogP contribution < -0.4 is 5.32 Å². The number of alkyl halides is 3. The smallest absolute Gasteiger partial charge is 0.309 e. The van der Waals surface area contributed by atoms with E-state index in [1.807, 2.05) is 6.92 Å². The lowest BCUT2D eigenvalue weighted by Crippen LogP contribution is -2.37. The summed E-state index contributed by atoms with van der Waals surface area (Å²) in [7, 11) is 0. The van der Waals surface area contributed by atoms with E-state index in [1.165, 1.54) is 6.07 Å². The Bertz CT molecular complexity index is 495. The Labute approximate surface area is 126 Å². The summed E-state index contributed by atoms with van der Waals surface area (Å²) in [5.74, 6) is -0.211. The van der Waals surface area contributed by atoms with Crippen molar-refractivity contribution in [1.29, 1.82) is 0 Å². The zero-order chi connectivity index (χ0) is 15.7. The summed E-state index contributed by atoms with van der Waals surface area (Å²) in [6, 6.07) is 3.12. The molecule has 0 saturated carbocycles. The average Bonchev–Trinajstić information content (AvgIpc) is 2.83. The number of benzene rings is 1. The Kier molecular flexibility index (Phi) is 4.88. The average molecular weight is 321 g/mol. The van der Waals surface area contributed by atoms with Gasteiger partial charge < -0.3 is 5.32 Å². The van der Waals surface area contributed by atoms with E-state index in [0.717, 1.165) is 30.7 Å². The van der Waals surface area contributed by atoms with Gasteiger partial charge in [-0.2, -0.15) is 24.9 Å². The molecule has 1 aliphatic heterocycles. The SMILES string of the molecule is CCNC(c1ccc(F)c(C(F)(F)F)c1)C1(C)CCCS1. The number of nitrogens with one attached hydrogen (secondary N) is 1. The summed E-state index contributed by atoms with van der Waals surface area (Å²) in [6.07, 6.45) is -2.68. The maximum absolute atomic E-state index is 13.4. The van der Waals surface area contributed by atoms with Crippen molar-refractivity contribution in [2.45, 2.75) is 43.7 Å². The van der Waals surface area contributed by atoms with Crippen molar-refractivity contribution in [2.75, 3.05) is 12.3 Å². The second-order valence-corrected chi connectivity index (χ2v) is 7.12. The summed E-state index contributed by atoms with van der Waals surface area (Å²) in [5, 5.41) is 3.27. The summed E-state index contributed by atoms with van der Waals surface area (Å²) >= 11 is 1.77. The zero-order valence-corrected chi connectivity index (χ0v) is 12.9. The Hall–Kier alpha value is -0.750. The van der Waals surface area contributed by atoms with Gasteiger partial charge in [0.2, 0.25) is 0 Å². The minimum atomic E-state index is -4.67. The van der Waals surface area contributed by atoms with Crippen molar-refractivity contribution in [3.63, 3.8) is 0 Å². The molecule has 0 aromatic heterocycles. The Morgan fingerprint density at radius 3 is 2.62 bits per heavy atom. The van der Waals surface area contributed by atoms with Crippen LogP contribution in [0.4, 0.5) is 17.6 Å². The Balaban J connectivity index is 2.41. The number of hydrogen-bond acceptors (Lipinski definition) is 2.